The molecule has 1 saturated heterocycles. The van der Waals surface area contributed by atoms with E-state index in [0.717, 1.165) is 137 Å². The molecule has 0 bridgehead atoms. The molecular weight excluding hydrogens is 606 g/mol. The van der Waals surface area contributed by atoms with Crippen molar-refractivity contribution >= 4 is 17.8 Å². The number of rotatable bonds is 8. The number of piperidine rings is 1. The quantitative estimate of drug-likeness (QED) is 0.256. The number of anilines is 1. The summed E-state index contributed by atoms with van der Waals surface area (Å²) in [5.74, 6) is 4.14. The van der Waals surface area contributed by atoms with Crippen LogP contribution in [-0.2, 0) is 4.79 Å². The number of hydrogen-bond acceptors (Lipinski definition) is 7. The Balaban J connectivity index is 0.000000388. The fourth-order valence-corrected chi connectivity index (χ4v) is 7.52. The summed E-state index contributed by atoms with van der Waals surface area (Å²) in [6.07, 6.45) is 18.2. The highest BCUT2D eigenvalue weighted by molar-refractivity contribution is 5.94. The highest BCUT2D eigenvalue weighted by Crippen LogP contribution is 2.41. The number of oxazole rings is 1. The van der Waals surface area contributed by atoms with Crippen LogP contribution in [0.15, 0.2) is 41.1 Å². The first-order chi connectivity index (χ1) is 23.4. The van der Waals surface area contributed by atoms with E-state index < -0.39 is 6.09 Å². The first kappa shape index (κ1) is 33.9. The SMILES string of the molecule is COc1ccc(C2CCC(CN(C(=O)C3CCCCC3)c3cc(-c4coc(C5CC5)n4)ccn3)CC2)nc1C.O=C(O)N1CCCCC1. The Morgan fingerprint density at radius 2 is 1.62 bits per heavy atom. The van der Waals surface area contributed by atoms with E-state index in [2.05, 4.69) is 6.07 Å². The van der Waals surface area contributed by atoms with E-state index in [1.54, 1.807) is 13.4 Å². The summed E-state index contributed by atoms with van der Waals surface area (Å²) in [5.41, 5.74) is 3.90. The molecule has 4 fully saturated rings. The lowest BCUT2D eigenvalue weighted by Gasteiger charge is -2.34. The fraction of sp³-hybridized carbons (Fsp3) is 0.605. The van der Waals surface area contributed by atoms with Gasteiger partial charge in [-0.3, -0.25) is 14.7 Å². The van der Waals surface area contributed by atoms with Gasteiger partial charge in [0.15, 0.2) is 5.89 Å². The number of carboxylic acid groups (broad SMARTS) is 1. The van der Waals surface area contributed by atoms with Crippen LogP contribution in [0.3, 0.4) is 0 Å². The molecule has 7 rings (SSSR count). The second-order valence-corrected chi connectivity index (χ2v) is 14.1. The van der Waals surface area contributed by atoms with Crippen molar-refractivity contribution in [2.75, 3.05) is 31.6 Å². The molecule has 10 heteroatoms. The van der Waals surface area contributed by atoms with Gasteiger partial charge in [-0.1, -0.05) is 19.3 Å². The second kappa shape index (κ2) is 16.0. The summed E-state index contributed by atoms with van der Waals surface area (Å²) in [7, 11) is 1.69. The number of amides is 2. The molecule has 0 atom stereocenters. The third-order valence-electron chi connectivity index (χ3n) is 10.6. The van der Waals surface area contributed by atoms with Crippen LogP contribution in [0, 0.1) is 18.8 Å². The fourth-order valence-electron chi connectivity index (χ4n) is 7.52. The van der Waals surface area contributed by atoms with Gasteiger partial charge in [-0.2, -0.15) is 0 Å². The molecule has 48 heavy (non-hydrogen) atoms. The molecule has 4 heterocycles. The van der Waals surface area contributed by atoms with E-state index in [-0.39, 0.29) is 11.8 Å². The number of methoxy groups -OCH3 is 1. The zero-order chi connectivity index (χ0) is 33.5. The van der Waals surface area contributed by atoms with Gasteiger partial charge in [0.1, 0.15) is 23.5 Å². The van der Waals surface area contributed by atoms with Gasteiger partial charge in [-0.15, -0.1) is 0 Å². The summed E-state index contributed by atoms with van der Waals surface area (Å²) in [6.45, 7) is 4.19. The summed E-state index contributed by atoms with van der Waals surface area (Å²) < 4.78 is 11.1. The molecule has 2 amide bonds. The van der Waals surface area contributed by atoms with Crippen molar-refractivity contribution in [3.63, 3.8) is 0 Å². The molecule has 3 aromatic rings. The van der Waals surface area contributed by atoms with Crippen molar-refractivity contribution < 1.29 is 23.8 Å². The number of aromatic nitrogens is 3. The number of ether oxygens (including phenoxy) is 1. The van der Waals surface area contributed by atoms with Gasteiger partial charge < -0.3 is 19.2 Å². The Labute approximate surface area is 284 Å². The number of hydrogen-bond donors (Lipinski definition) is 1. The third-order valence-corrected chi connectivity index (χ3v) is 10.6. The minimum atomic E-state index is -0.769. The van der Waals surface area contributed by atoms with Crippen molar-refractivity contribution in [1.82, 2.24) is 19.9 Å². The smallest absolute Gasteiger partial charge is 0.407 e. The largest absolute Gasteiger partial charge is 0.495 e. The third kappa shape index (κ3) is 8.55. The lowest BCUT2D eigenvalue weighted by atomic mass is 9.79. The van der Waals surface area contributed by atoms with E-state index in [9.17, 15) is 9.59 Å². The first-order valence-electron chi connectivity index (χ1n) is 18.1. The predicted molar refractivity (Wildman–Crippen MR) is 184 cm³/mol. The standard InChI is InChI=1S/C32H40N4O3.C6H11NO2/c1-21-29(38-2)15-14-27(34-21)23-10-8-22(9-11-23)19-36(32(37)25-6-4-3-5-7-25)30-18-26(16-17-33-30)28-20-39-31(35-28)24-12-13-24;8-6(9)7-4-2-1-3-5-7/h14-18,20,22-25H,3-13,19H2,1-2H3;1-5H2,(H,8,9). The van der Waals surface area contributed by atoms with Gasteiger partial charge in [-0.05, 0) is 108 Å². The van der Waals surface area contributed by atoms with Crippen molar-refractivity contribution in [1.29, 1.82) is 0 Å². The zero-order valence-corrected chi connectivity index (χ0v) is 28.6. The Morgan fingerprint density at radius 1 is 0.917 bits per heavy atom. The Bertz CT molecular complexity index is 1520. The van der Waals surface area contributed by atoms with E-state index in [1.807, 2.05) is 36.2 Å². The number of carbonyl (C=O) groups excluding carboxylic acids is 1. The minimum Gasteiger partial charge on any atom is -0.495 e. The maximum atomic E-state index is 13.9. The van der Waals surface area contributed by atoms with Crippen LogP contribution in [0.25, 0.3) is 11.3 Å². The van der Waals surface area contributed by atoms with Gasteiger partial charge >= 0.3 is 6.09 Å². The van der Waals surface area contributed by atoms with Crippen LogP contribution in [0.5, 0.6) is 5.75 Å². The number of nitrogens with zero attached hydrogens (tertiary/aromatic N) is 5. The summed E-state index contributed by atoms with van der Waals surface area (Å²) in [5, 5.41) is 8.46. The average Bonchev–Trinajstić information content (AvgIpc) is 3.87. The monoisotopic (exact) mass is 657 g/mol. The molecule has 0 radical (unpaired) electrons. The van der Waals surface area contributed by atoms with Crippen molar-refractivity contribution in [2.45, 2.75) is 109 Å². The molecule has 0 spiro atoms. The highest BCUT2D eigenvalue weighted by atomic mass is 16.5. The highest BCUT2D eigenvalue weighted by Gasteiger charge is 2.32. The van der Waals surface area contributed by atoms with Crippen LogP contribution in [0.2, 0.25) is 0 Å². The summed E-state index contributed by atoms with van der Waals surface area (Å²) >= 11 is 0. The molecule has 10 nitrogen and oxygen atoms in total. The van der Waals surface area contributed by atoms with E-state index >= 15 is 0 Å². The Kier molecular flexibility index (Phi) is 11.3. The molecule has 1 N–H and O–H groups in total. The molecule has 1 aliphatic heterocycles. The van der Waals surface area contributed by atoms with Crippen LogP contribution in [0.4, 0.5) is 10.6 Å². The van der Waals surface area contributed by atoms with Gasteiger partial charge in [-0.25, -0.2) is 14.8 Å². The van der Waals surface area contributed by atoms with Crippen LogP contribution in [0.1, 0.15) is 119 Å². The maximum Gasteiger partial charge on any atom is 0.407 e. The molecule has 258 valence electrons. The average molecular weight is 658 g/mol. The van der Waals surface area contributed by atoms with Crippen LogP contribution in [-0.4, -0.2) is 63.7 Å². The van der Waals surface area contributed by atoms with Crippen LogP contribution >= 0.6 is 0 Å². The van der Waals surface area contributed by atoms with Gasteiger partial charge in [0.05, 0.1) is 12.8 Å². The van der Waals surface area contributed by atoms with Gasteiger partial charge in [0.25, 0.3) is 0 Å². The molecule has 4 aliphatic rings. The molecule has 3 aliphatic carbocycles. The number of likely N-dealkylation sites (tertiary alicyclic amines) is 1. The topological polar surface area (TPSA) is 122 Å². The van der Waals surface area contributed by atoms with Crippen molar-refractivity contribution in [2.24, 2.45) is 11.8 Å². The lowest BCUT2D eigenvalue weighted by molar-refractivity contribution is -0.123. The van der Waals surface area contributed by atoms with Crippen molar-refractivity contribution in [3.8, 4) is 17.0 Å². The zero-order valence-electron chi connectivity index (χ0n) is 28.6. The molecule has 0 unspecified atom stereocenters. The van der Waals surface area contributed by atoms with E-state index in [0.29, 0.717) is 17.8 Å². The van der Waals surface area contributed by atoms with Gasteiger partial charge in [0, 0.05) is 54.8 Å². The summed E-state index contributed by atoms with van der Waals surface area (Å²) in [6, 6.07) is 8.15. The summed E-state index contributed by atoms with van der Waals surface area (Å²) in [4.78, 5) is 42.0. The van der Waals surface area contributed by atoms with Crippen LogP contribution < -0.4 is 9.64 Å². The molecule has 3 aromatic heterocycles. The molecular formula is C38H51N5O5. The number of pyridine rings is 2. The minimum absolute atomic E-state index is 0.0977. The first-order valence-corrected chi connectivity index (χ1v) is 18.1. The number of aryl methyl sites for hydroxylation is 1. The maximum absolute atomic E-state index is 13.9. The van der Waals surface area contributed by atoms with Crippen molar-refractivity contribution in [3.05, 3.63) is 54.0 Å². The molecule has 3 saturated carbocycles. The number of carbonyl (C=O) groups is 2. The van der Waals surface area contributed by atoms with E-state index in [4.69, 9.17) is 29.2 Å². The lowest BCUT2D eigenvalue weighted by Crippen LogP contribution is -2.41. The van der Waals surface area contributed by atoms with Gasteiger partial charge in [0.2, 0.25) is 5.91 Å². The van der Waals surface area contributed by atoms with E-state index in [1.165, 1.54) is 17.7 Å². The Hall–Kier alpha value is -3.95. The Morgan fingerprint density at radius 3 is 2.27 bits per heavy atom. The molecule has 0 aromatic carbocycles. The predicted octanol–water partition coefficient (Wildman–Crippen LogP) is 8.36. The second-order valence-electron chi connectivity index (χ2n) is 14.1. The normalized spacial score (nSPS) is 21.6.